The highest BCUT2D eigenvalue weighted by Crippen LogP contribution is 2.48. The van der Waals surface area contributed by atoms with Crippen LogP contribution in [-0.4, -0.2) is 5.71 Å². The third kappa shape index (κ3) is 4.87. The summed E-state index contributed by atoms with van der Waals surface area (Å²) in [6.45, 7) is 2.23. The average molecular weight is 708 g/mol. The van der Waals surface area contributed by atoms with Gasteiger partial charge in [-0.05, 0) is 114 Å². The van der Waals surface area contributed by atoms with Gasteiger partial charge in [-0.3, -0.25) is 4.99 Å². The fourth-order valence-corrected chi connectivity index (χ4v) is 10.6. The smallest absolute Gasteiger partial charge is 0.0664 e. The molecule has 1 aliphatic rings. The number of hydrogen-bond acceptors (Lipinski definition) is 2. The lowest BCUT2D eigenvalue weighted by Gasteiger charge is -2.25. The van der Waals surface area contributed by atoms with E-state index < -0.39 is 0 Å². The molecular weight excluding hydrogens is 671 g/mol. The van der Waals surface area contributed by atoms with Gasteiger partial charge in [0, 0.05) is 31.3 Å². The zero-order valence-corrected chi connectivity index (χ0v) is 31.0. The van der Waals surface area contributed by atoms with Crippen molar-refractivity contribution in [1.82, 2.24) is 0 Å². The Kier molecular flexibility index (Phi) is 7.28. The summed E-state index contributed by atoms with van der Waals surface area (Å²) in [5.74, 6) is 0.454. The molecule has 0 amide bonds. The first-order valence-corrected chi connectivity index (χ1v) is 20.0. The van der Waals surface area contributed by atoms with Crippen molar-refractivity contribution in [2.24, 2.45) is 4.99 Å². The lowest BCUT2D eigenvalue weighted by Crippen LogP contribution is -2.13. The van der Waals surface area contributed by atoms with Crippen molar-refractivity contribution in [3.05, 3.63) is 175 Å². The Labute approximate surface area is 318 Å². The van der Waals surface area contributed by atoms with Gasteiger partial charge in [-0.1, -0.05) is 153 Å². The van der Waals surface area contributed by atoms with Crippen LogP contribution in [0.15, 0.2) is 169 Å². The second-order valence-electron chi connectivity index (χ2n) is 14.8. The number of aliphatic imine (C=N–C) groups is 1. The van der Waals surface area contributed by atoms with Gasteiger partial charge in [0.15, 0.2) is 0 Å². The topological polar surface area (TPSA) is 12.4 Å². The molecule has 0 radical (unpaired) electrons. The number of rotatable bonds is 5. The van der Waals surface area contributed by atoms with E-state index in [1.54, 1.807) is 0 Å². The van der Waals surface area contributed by atoms with Crippen molar-refractivity contribution in [1.29, 1.82) is 0 Å². The van der Waals surface area contributed by atoms with Crippen molar-refractivity contribution >= 4 is 86.0 Å². The Bertz CT molecular complexity index is 3090. The fraction of sp³-hybridized carbons (Fsp3) is 0.0962. The maximum Gasteiger partial charge on any atom is 0.0664 e. The van der Waals surface area contributed by atoms with Gasteiger partial charge in [-0.2, -0.15) is 0 Å². The lowest BCUT2D eigenvalue weighted by atomic mass is 9.83. The van der Waals surface area contributed by atoms with Crippen LogP contribution in [0.25, 0.3) is 85.5 Å². The summed E-state index contributed by atoms with van der Waals surface area (Å²) < 4.78 is 2.70. The minimum absolute atomic E-state index is 0.454. The molecule has 0 fully saturated rings. The molecule has 0 saturated carbocycles. The second-order valence-corrected chi connectivity index (χ2v) is 15.9. The van der Waals surface area contributed by atoms with E-state index in [1.807, 2.05) is 11.3 Å². The standard InChI is InChI=1S/C52H37NS/c1-2-36-30-35(37-13-11-12-22-47(37)53-36)29-32-23-25-33(26-24-32)49-41-17-6-8-19-43(41)50(44-20-9-7-18-42(44)49)34-27-28-48-46(31-34)51-40-16-5-3-14-38(40)39-15-4-10-21-45(39)52(51)54-48/h3-28,31,35H,2,29-30H2,1H3. The van der Waals surface area contributed by atoms with Crippen LogP contribution in [0.4, 0.5) is 5.69 Å². The molecule has 1 atom stereocenters. The van der Waals surface area contributed by atoms with Crippen LogP contribution in [0.3, 0.4) is 0 Å². The van der Waals surface area contributed by atoms with Gasteiger partial charge in [0.05, 0.1) is 5.69 Å². The quantitative estimate of drug-likeness (QED) is 0.125. The number of para-hydroxylation sites is 1. The van der Waals surface area contributed by atoms with E-state index in [2.05, 4.69) is 171 Å². The minimum Gasteiger partial charge on any atom is -0.258 e. The van der Waals surface area contributed by atoms with E-state index in [9.17, 15) is 0 Å². The predicted octanol–water partition coefficient (Wildman–Crippen LogP) is 15.2. The molecule has 1 nitrogen and oxygen atoms in total. The predicted molar refractivity (Wildman–Crippen MR) is 235 cm³/mol. The zero-order valence-electron chi connectivity index (χ0n) is 30.1. The molecule has 0 saturated heterocycles. The van der Waals surface area contributed by atoms with Crippen LogP contribution in [0, 0.1) is 0 Å². The third-order valence-corrected chi connectivity index (χ3v) is 13.0. The SMILES string of the molecule is CCC1=Nc2ccccc2C(Cc2ccc(-c3c4ccccc4c(-c4ccc5sc6c7ccccc7c7ccccc7c6c5c4)c4ccccc34)cc2)C1. The number of fused-ring (bicyclic) bond motifs is 11. The van der Waals surface area contributed by atoms with Crippen LogP contribution in [0.1, 0.15) is 36.8 Å². The fourth-order valence-electron chi connectivity index (χ4n) is 9.36. The molecule has 1 aromatic heterocycles. The molecule has 0 spiro atoms. The van der Waals surface area contributed by atoms with Crippen LogP contribution in [-0.2, 0) is 6.42 Å². The normalized spacial score (nSPS) is 14.4. The maximum atomic E-state index is 4.96. The van der Waals surface area contributed by atoms with Gasteiger partial charge in [-0.15, -0.1) is 11.3 Å². The monoisotopic (exact) mass is 707 g/mol. The van der Waals surface area contributed by atoms with Crippen molar-refractivity contribution in [2.45, 2.75) is 32.1 Å². The number of thiophene rings is 1. The summed E-state index contributed by atoms with van der Waals surface area (Å²) in [7, 11) is 0. The molecule has 0 bridgehead atoms. The van der Waals surface area contributed by atoms with Gasteiger partial charge >= 0.3 is 0 Å². The van der Waals surface area contributed by atoms with Crippen molar-refractivity contribution in [3.8, 4) is 22.3 Å². The van der Waals surface area contributed by atoms with E-state index in [1.165, 1.54) is 102 Å². The number of nitrogens with zero attached hydrogens (tertiary/aromatic N) is 1. The van der Waals surface area contributed by atoms with Gasteiger partial charge in [-0.25, -0.2) is 0 Å². The third-order valence-electron chi connectivity index (χ3n) is 11.8. The molecule has 1 unspecified atom stereocenters. The number of benzene rings is 9. The molecule has 0 N–H and O–H groups in total. The van der Waals surface area contributed by atoms with Crippen molar-refractivity contribution in [3.63, 3.8) is 0 Å². The van der Waals surface area contributed by atoms with Gasteiger partial charge in [0.1, 0.15) is 0 Å². The molecule has 1 aliphatic heterocycles. The van der Waals surface area contributed by atoms with Crippen LogP contribution < -0.4 is 0 Å². The zero-order chi connectivity index (χ0) is 35.8. The summed E-state index contributed by atoms with van der Waals surface area (Å²) in [6.07, 6.45) is 3.05. The molecule has 54 heavy (non-hydrogen) atoms. The molecule has 2 heterocycles. The maximum absolute atomic E-state index is 4.96. The molecule has 11 rings (SSSR count). The van der Waals surface area contributed by atoms with Crippen molar-refractivity contribution in [2.75, 3.05) is 0 Å². The summed E-state index contributed by atoms with van der Waals surface area (Å²) >= 11 is 1.92. The highest BCUT2D eigenvalue weighted by Gasteiger charge is 2.23. The highest BCUT2D eigenvalue weighted by atomic mass is 32.1. The van der Waals surface area contributed by atoms with Gasteiger partial charge in [0.2, 0.25) is 0 Å². The van der Waals surface area contributed by atoms with Crippen LogP contribution in [0.2, 0.25) is 0 Å². The molecule has 0 aliphatic carbocycles. The highest BCUT2D eigenvalue weighted by molar-refractivity contribution is 7.27. The molecule has 10 aromatic rings. The summed E-state index contributed by atoms with van der Waals surface area (Å²) in [5, 5.41) is 13.2. The molecule has 256 valence electrons. The first-order valence-electron chi connectivity index (χ1n) is 19.2. The Morgan fingerprint density at radius 2 is 1.06 bits per heavy atom. The van der Waals surface area contributed by atoms with Crippen LogP contribution >= 0.6 is 11.3 Å². The summed E-state index contributed by atoms with van der Waals surface area (Å²) in [4.78, 5) is 4.96. The Morgan fingerprint density at radius 1 is 0.519 bits per heavy atom. The Balaban J connectivity index is 1.07. The molecule has 2 heteroatoms. The molecule has 9 aromatic carbocycles. The van der Waals surface area contributed by atoms with Crippen LogP contribution in [0.5, 0.6) is 0 Å². The Hall–Kier alpha value is -6.09. The summed E-state index contributed by atoms with van der Waals surface area (Å²) in [5.41, 5.74) is 10.3. The van der Waals surface area contributed by atoms with Crippen molar-refractivity contribution < 1.29 is 0 Å². The first-order chi connectivity index (χ1) is 26.7. The second kappa shape index (κ2) is 12.5. The summed E-state index contributed by atoms with van der Waals surface area (Å²) in [6, 6.07) is 61.2. The average Bonchev–Trinajstić information content (AvgIpc) is 3.62. The van der Waals surface area contributed by atoms with E-state index in [-0.39, 0.29) is 0 Å². The largest absolute Gasteiger partial charge is 0.258 e. The lowest BCUT2D eigenvalue weighted by molar-refractivity contribution is 0.698. The first kappa shape index (κ1) is 31.4. The van der Waals surface area contributed by atoms with E-state index in [0.29, 0.717) is 5.92 Å². The molecular formula is C52H37NS. The minimum atomic E-state index is 0.454. The number of hydrogen-bond donors (Lipinski definition) is 0. The van der Waals surface area contributed by atoms with E-state index in [4.69, 9.17) is 4.99 Å². The Morgan fingerprint density at radius 3 is 1.72 bits per heavy atom. The van der Waals surface area contributed by atoms with Gasteiger partial charge < -0.3 is 0 Å². The van der Waals surface area contributed by atoms with Gasteiger partial charge in [0.25, 0.3) is 0 Å². The van der Waals surface area contributed by atoms with E-state index in [0.717, 1.165) is 24.9 Å². The van der Waals surface area contributed by atoms with E-state index >= 15 is 0 Å².